The van der Waals surface area contributed by atoms with Gasteiger partial charge in [-0.3, -0.25) is 0 Å². The second-order valence-electron chi connectivity index (χ2n) is 14.0. The van der Waals surface area contributed by atoms with E-state index < -0.39 is 0 Å². The van der Waals surface area contributed by atoms with Crippen molar-refractivity contribution >= 4 is 70.1 Å². The third-order valence-electron chi connectivity index (χ3n) is 10.7. The molecule has 0 aliphatic heterocycles. The van der Waals surface area contributed by atoms with Crippen molar-refractivity contribution in [3.8, 4) is 32.7 Å². The number of allylic oxidation sites excluding steroid dienone is 3. The van der Waals surface area contributed by atoms with Crippen molar-refractivity contribution in [2.75, 3.05) is 0 Å². The van der Waals surface area contributed by atoms with Crippen LogP contribution in [0.25, 0.3) is 91.4 Å². The molecule has 9 aromatic carbocycles. The van der Waals surface area contributed by atoms with Crippen LogP contribution in [-0.4, -0.2) is 0 Å². The quantitative estimate of drug-likeness (QED) is 0.119. The molecule has 0 nitrogen and oxygen atoms in total. The standard InChI is InChI=1S/C53H36S/c1-2-3-22-43(40-28-27-39-31-37-20-10-11-21-38(37)32-42(39)33-40)52-46-25-14-12-23-44(46)50(45-24-13-15-26-47(45)52)41-29-30-48-49(34-41)54-53(36-18-8-5-9-19-36)51(48)35-16-6-4-7-17-35/h2-34H,1H3/b3-2-,43-22+. The Hall–Kier alpha value is -6.54. The maximum Gasteiger partial charge on any atom is 0.0433 e. The van der Waals surface area contributed by atoms with E-state index in [0.717, 1.165) is 0 Å². The van der Waals surface area contributed by atoms with Gasteiger partial charge in [0.25, 0.3) is 0 Å². The lowest BCUT2D eigenvalue weighted by Gasteiger charge is -2.20. The Morgan fingerprint density at radius 1 is 0.426 bits per heavy atom. The largest absolute Gasteiger partial charge is 0.135 e. The summed E-state index contributed by atoms with van der Waals surface area (Å²) in [5, 5.41) is 11.3. The zero-order valence-electron chi connectivity index (χ0n) is 30.0. The van der Waals surface area contributed by atoms with Crippen LogP contribution in [0.3, 0.4) is 0 Å². The van der Waals surface area contributed by atoms with E-state index in [1.807, 2.05) is 11.3 Å². The summed E-state index contributed by atoms with van der Waals surface area (Å²) >= 11 is 1.89. The molecule has 0 unspecified atom stereocenters. The molecule has 1 aromatic heterocycles. The summed E-state index contributed by atoms with van der Waals surface area (Å²) in [4.78, 5) is 1.31. The van der Waals surface area contributed by atoms with Crippen LogP contribution >= 0.6 is 11.3 Å². The van der Waals surface area contributed by atoms with Gasteiger partial charge in [0.15, 0.2) is 0 Å². The fourth-order valence-corrected chi connectivity index (χ4v) is 9.56. The number of benzene rings is 9. The molecule has 0 atom stereocenters. The molecule has 0 aliphatic carbocycles. The van der Waals surface area contributed by atoms with Crippen molar-refractivity contribution in [1.82, 2.24) is 0 Å². The fourth-order valence-electron chi connectivity index (χ4n) is 8.29. The lowest BCUT2D eigenvalue weighted by molar-refractivity contribution is 1.62. The first-order valence-corrected chi connectivity index (χ1v) is 19.4. The Labute approximate surface area is 319 Å². The van der Waals surface area contributed by atoms with Gasteiger partial charge in [-0.25, -0.2) is 0 Å². The van der Waals surface area contributed by atoms with Gasteiger partial charge < -0.3 is 0 Å². The van der Waals surface area contributed by atoms with Crippen LogP contribution in [0.15, 0.2) is 200 Å². The van der Waals surface area contributed by atoms with E-state index in [0.29, 0.717) is 0 Å². The molecule has 0 aliphatic rings. The van der Waals surface area contributed by atoms with Crippen molar-refractivity contribution < 1.29 is 0 Å². The minimum absolute atomic E-state index is 1.21. The maximum atomic E-state index is 2.43. The van der Waals surface area contributed by atoms with Crippen molar-refractivity contribution in [2.24, 2.45) is 0 Å². The van der Waals surface area contributed by atoms with Crippen molar-refractivity contribution in [3.63, 3.8) is 0 Å². The third kappa shape index (κ3) is 5.45. The Morgan fingerprint density at radius 3 is 1.67 bits per heavy atom. The first-order valence-electron chi connectivity index (χ1n) is 18.6. The van der Waals surface area contributed by atoms with E-state index in [-0.39, 0.29) is 0 Å². The lowest BCUT2D eigenvalue weighted by Crippen LogP contribution is -1.95. The second kappa shape index (κ2) is 13.5. The Balaban J connectivity index is 1.21. The highest BCUT2D eigenvalue weighted by molar-refractivity contribution is 7.23. The Kier molecular flexibility index (Phi) is 8.01. The van der Waals surface area contributed by atoms with Gasteiger partial charge in [-0.15, -0.1) is 11.3 Å². The Bertz CT molecular complexity index is 3030. The smallest absolute Gasteiger partial charge is 0.0433 e. The van der Waals surface area contributed by atoms with Gasteiger partial charge in [0.05, 0.1) is 0 Å². The maximum absolute atomic E-state index is 2.43. The molecular formula is C53H36S. The van der Waals surface area contributed by atoms with Crippen LogP contribution in [0.4, 0.5) is 0 Å². The van der Waals surface area contributed by atoms with Crippen LogP contribution in [0, 0.1) is 0 Å². The summed E-state index contributed by atoms with van der Waals surface area (Å²) in [6.45, 7) is 2.09. The molecule has 0 spiro atoms. The summed E-state index contributed by atoms with van der Waals surface area (Å²) in [6.07, 6.45) is 6.59. The van der Waals surface area contributed by atoms with E-state index in [1.54, 1.807) is 0 Å². The van der Waals surface area contributed by atoms with E-state index in [2.05, 4.69) is 207 Å². The van der Waals surface area contributed by atoms with Crippen molar-refractivity contribution in [2.45, 2.75) is 6.92 Å². The van der Waals surface area contributed by atoms with Gasteiger partial charge in [0.1, 0.15) is 0 Å². The zero-order valence-corrected chi connectivity index (χ0v) is 30.8. The predicted octanol–water partition coefficient (Wildman–Crippen LogP) is 15.5. The SMILES string of the molecule is C/C=C\C=C(/c1ccc2cc3ccccc3cc2c1)c1c2ccccc2c(-c2ccc3c(-c4ccccc4)c(-c4ccccc4)sc3c2)c2ccccc12. The molecule has 0 saturated heterocycles. The van der Waals surface area contributed by atoms with Gasteiger partial charge in [0.2, 0.25) is 0 Å². The first kappa shape index (κ1) is 32.1. The summed E-state index contributed by atoms with van der Waals surface area (Å²) in [7, 11) is 0. The molecule has 0 radical (unpaired) electrons. The third-order valence-corrected chi connectivity index (χ3v) is 12.0. The number of thiophene rings is 1. The fraction of sp³-hybridized carbons (Fsp3) is 0.0189. The number of hydrogen-bond acceptors (Lipinski definition) is 1. The number of rotatable bonds is 6. The molecule has 1 heterocycles. The van der Waals surface area contributed by atoms with Crippen LogP contribution in [-0.2, 0) is 0 Å². The van der Waals surface area contributed by atoms with E-state index in [9.17, 15) is 0 Å². The van der Waals surface area contributed by atoms with Crippen LogP contribution in [0.2, 0.25) is 0 Å². The summed E-state index contributed by atoms with van der Waals surface area (Å²) in [6, 6.07) is 67.0. The second-order valence-corrected chi connectivity index (χ2v) is 15.0. The van der Waals surface area contributed by atoms with Gasteiger partial charge in [-0.05, 0) is 113 Å². The summed E-state index contributed by atoms with van der Waals surface area (Å²) < 4.78 is 1.29. The molecule has 54 heavy (non-hydrogen) atoms. The molecule has 10 rings (SSSR count). The van der Waals surface area contributed by atoms with Crippen molar-refractivity contribution in [3.05, 3.63) is 211 Å². The topological polar surface area (TPSA) is 0 Å². The monoisotopic (exact) mass is 704 g/mol. The molecular weight excluding hydrogens is 669 g/mol. The van der Waals surface area contributed by atoms with Gasteiger partial charge in [0, 0.05) is 20.5 Å². The molecule has 0 N–H and O–H groups in total. The minimum Gasteiger partial charge on any atom is -0.135 e. The van der Waals surface area contributed by atoms with Crippen LogP contribution in [0.5, 0.6) is 0 Å². The normalized spacial score (nSPS) is 12.2. The highest BCUT2D eigenvalue weighted by atomic mass is 32.1. The molecule has 254 valence electrons. The minimum atomic E-state index is 1.21. The van der Waals surface area contributed by atoms with Gasteiger partial charge in [-0.1, -0.05) is 176 Å². The highest BCUT2D eigenvalue weighted by Gasteiger charge is 2.21. The number of hydrogen-bond donors (Lipinski definition) is 0. The van der Waals surface area contributed by atoms with Gasteiger partial charge in [-0.2, -0.15) is 0 Å². The molecule has 0 bridgehead atoms. The van der Waals surface area contributed by atoms with E-state index in [4.69, 9.17) is 0 Å². The predicted molar refractivity (Wildman–Crippen MR) is 236 cm³/mol. The first-order chi connectivity index (χ1) is 26.7. The van der Waals surface area contributed by atoms with Crippen LogP contribution in [0.1, 0.15) is 18.1 Å². The Morgan fingerprint density at radius 2 is 1.00 bits per heavy atom. The lowest BCUT2D eigenvalue weighted by atomic mass is 9.83. The summed E-state index contributed by atoms with van der Waals surface area (Å²) in [5.41, 5.74) is 10.0. The number of fused-ring (bicyclic) bond motifs is 5. The molecule has 0 fully saturated rings. The van der Waals surface area contributed by atoms with E-state index in [1.165, 1.54) is 103 Å². The average Bonchev–Trinajstić information content (AvgIpc) is 3.62. The summed E-state index contributed by atoms with van der Waals surface area (Å²) in [5.74, 6) is 0. The van der Waals surface area contributed by atoms with Gasteiger partial charge >= 0.3 is 0 Å². The molecule has 0 saturated carbocycles. The van der Waals surface area contributed by atoms with Crippen LogP contribution < -0.4 is 0 Å². The highest BCUT2D eigenvalue weighted by Crippen LogP contribution is 2.48. The van der Waals surface area contributed by atoms with Crippen molar-refractivity contribution in [1.29, 1.82) is 0 Å². The molecule has 1 heteroatoms. The molecule has 10 aromatic rings. The average molecular weight is 705 g/mol. The molecule has 0 amide bonds. The van der Waals surface area contributed by atoms with E-state index >= 15 is 0 Å². The zero-order chi connectivity index (χ0) is 36.0.